The molecule has 4 rings (SSSR count). The summed E-state index contributed by atoms with van der Waals surface area (Å²) in [5.41, 5.74) is 1.57. The summed E-state index contributed by atoms with van der Waals surface area (Å²) in [7, 11) is 0. The number of nitrogens with one attached hydrogen (secondary N) is 2. The predicted octanol–water partition coefficient (Wildman–Crippen LogP) is 8.42. The van der Waals surface area contributed by atoms with Crippen LogP contribution in [0, 0.1) is 0 Å². The van der Waals surface area contributed by atoms with Crippen molar-refractivity contribution < 1.29 is 9.59 Å². The highest BCUT2D eigenvalue weighted by molar-refractivity contribution is 8.03. The molecule has 1 aromatic rings. The first kappa shape index (κ1) is 34.5. The molecule has 2 fully saturated rings. The number of benzene rings is 1. The van der Waals surface area contributed by atoms with Gasteiger partial charge in [0.25, 0.3) is 11.8 Å². The monoisotopic (exact) mass is 621 g/mol. The summed E-state index contributed by atoms with van der Waals surface area (Å²) in [6, 6.07) is 7.54. The van der Waals surface area contributed by atoms with Gasteiger partial charge in [0.05, 0.1) is 6.54 Å². The number of hydrogen-bond donors (Lipinski definition) is 2. The highest BCUT2D eigenvalue weighted by atomic mass is 35.5. The second kappa shape index (κ2) is 17.4. The third-order valence-electron chi connectivity index (χ3n) is 8.15. The predicted molar refractivity (Wildman–Crippen MR) is 184 cm³/mol. The van der Waals surface area contributed by atoms with Gasteiger partial charge in [-0.2, -0.15) is 0 Å². The molecule has 2 amide bonds. The lowest BCUT2D eigenvalue weighted by molar-refractivity contribution is -0.146. The van der Waals surface area contributed by atoms with Crippen molar-refractivity contribution in [3.05, 3.63) is 106 Å². The second-order valence-corrected chi connectivity index (χ2v) is 12.4. The van der Waals surface area contributed by atoms with Crippen LogP contribution in [0.3, 0.4) is 0 Å². The van der Waals surface area contributed by atoms with E-state index in [1.54, 1.807) is 34.9 Å². The molecule has 2 aliphatic heterocycles. The molecule has 3 aliphatic rings. The van der Waals surface area contributed by atoms with E-state index >= 15 is 0 Å². The van der Waals surface area contributed by atoms with Gasteiger partial charge in [0.15, 0.2) is 5.54 Å². The van der Waals surface area contributed by atoms with E-state index in [1.165, 1.54) is 24.2 Å². The summed E-state index contributed by atoms with van der Waals surface area (Å²) >= 11 is 8.40. The molecule has 0 spiro atoms. The molecular formula is C36H48ClN3O2S. The zero-order valence-electron chi connectivity index (χ0n) is 26.1. The van der Waals surface area contributed by atoms with Gasteiger partial charge in [-0.3, -0.25) is 9.59 Å². The van der Waals surface area contributed by atoms with Crippen LogP contribution in [0.15, 0.2) is 95.6 Å². The van der Waals surface area contributed by atoms with Gasteiger partial charge in [-0.15, -0.1) is 11.8 Å². The van der Waals surface area contributed by atoms with Crippen molar-refractivity contribution in [1.82, 2.24) is 15.5 Å². The van der Waals surface area contributed by atoms with E-state index in [2.05, 4.69) is 42.9 Å². The summed E-state index contributed by atoms with van der Waals surface area (Å²) in [6.07, 6.45) is 19.9. The SMILES string of the molecule is C=C/C=C(\C=C)C1(C(=O)NC2CCCCCCC2)CN/C(=C\C2=CC=C(CC)SC2)C(=O)N1Cc1ccccc1Cl.CC. The lowest BCUT2D eigenvalue weighted by Gasteiger charge is -2.48. The number of thioether (sulfide) groups is 1. The quantitative estimate of drug-likeness (QED) is 0.215. The normalized spacial score (nSPS) is 22.6. The Morgan fingerprint density at radius 1 is 1.14 bits per heavy atom. The highest BCUT2D eigenvalue weighted by Crippen LogP contribution is 2.35. The Kier molecular flexibility index (Phi) is 13.9. The van der Waals surface area contributed by atoms with Crippen molar-refractivity contribution in [1.29, 1.82) is 0 Å². The summed E-state index contributed by atoms with van der Waals surface area (Å²) < 4.78 is 0. The van der Waals surface area contributed by atoms with Crippen LogP contribution in [0.1, 0.15) is 77.7 Å². The van der Waals surface area contributed by atoms with E-state index in [-0.39, 0.29) is 30.9 Å². The Hall–Kier alpha value is -2.96. The molecule has 232 valence electrons. The van der Waals surface area contributed by atoms with Crippen LogP contribution in [0.5, 0.6) is 0 Å². The van der Waals surface area contributed by atoms with E-state index in [0.717, 1.165) is 49.0 Å². The van der Waals surface area contributed by atoms with Crippen LogP contribution in [-0.2, 0) is 16.1 Å². The largest absolute Gasteiger partial charge is 0.377 e. The summed E-state index contributed by atoms with van der Waals surface area (Å²) in [5, 5.41) is 7.27. The molecule has 1 aromatic carbocycles. The van der Waals surface area contributed by atoms with Crippen molar-refractivity contribution in [2.45, 2.75) is 90.3 Å². The topological polar surface area (TPSA) is 61.4 Å². The molecule has 1 saturated heterocycles. The van der Waals surface area contributed by atoms with E-state index in [9.17, 15) is 9.59 Å². The number of carbonyl (C=O) groups is 2. The maximum Gasteiger partial charge on any atom is 0.271 e. The molecule has 0 aromatic heterocycles. The zero-order valence-corrected chi connectivity index (χ0v) is 27.7. The molecule has 5 nitrogen and oxygen atoms in total. The van der Waals surface area contributed by atoms with Gasteiger partial charge in [0, 0.05) is 23.4 Å². The molecule has 7 heteroatoms. The number of piperazine rings is 1. The van der Waals surface area contributed by atoms with Gasteiger partial charge >= 0.3 is 0 Å². The molecular weight excluding hydrogens is 574 g/mol. The Labute approximate surface area is 268 Å². The molecule has 1 atom stereocenters. The van der Waals surface area contributed by atoms with Crippen LogP contribution < -0.4 is 10.6 Å². The van der Waals surface area contributed by atoms with Crippen molar-refractivity contribution in [3.63, 3.8) is 0 Å². The smallest absolute Gasteiger partial charge is 0.271 e. The fourth-order valence-electron chi connectivity index (χ4n) is 5.80. The molecule has 43 heavy (non-hydrogen) atoms. The van der Waals surface area contributed by atoms with Crippen molar-refractivity contribution >= 4 is 35.2 Å². The first-order valence-electron chi connectivity index (χ1n) is 15.7. The number of halogens is 1. The maximum absolute atomic E-state index is 14.5. The van der Waals surface area contributed by atoms with E-state index in [0.29, 0.717) is 16.3 Å². The number of hydrogen-bond acceptors (Lipinski definition) is 4. The van der Waals surface area contributed by atoms with Gasteiger partial charge in [-0.05, 0) is 53.0 Å². The third-order valence-corrected chi connectivity index (χ3v) is 9.80. The standard InChI is InChI=1S/C34H42ClN3O2S.C2H6/c1-4-14-27(5-2)34(33(40)37-28-16-10-8-7-9-11-17-28)24-36-31(21-25-19-20-29(6-3)41-23-25)32(39)38(34)22-26-15-12-13-18-30(26)35;1-2/h4-5,12-15,18-21,28,36H,1-2,6-11,16-17,22-24H2,3H3,(H,37,40);1-2H3/b27-14+,31-21-;. The lowest BCUT2D eigenvalue weighted by atomic mass is 9.82. The summed E-state index contributed by atoms with van der Waals surface area (Å²) in [6.45, 7) is 14.5. The second-order valence-electron chi connectivity index (χ2n) is 10.8. The minimum atomic E-state index is -1.34. The van der Waals surface area contributed by atoms with Gasteiger partial charge in [0.1, 0.15) is 5.70 Å². The first-order valence-corrected chi connectivity index (χ1v) is 17.1. The Morgan fingerprint density at radius 2 is 1.84 bits per heavy atom. The number of nitrogens with zero attached hydrogens (tertiary/aromatic N) is 1. The number of amides is 2. The van der Waals surface area contributed by atoms with Crippen LogP contribution in [0.2, 0.25) is 5.02 Å². The third kappa shape index (κ3) is 8.57. The van der Waals surface area contributed by atoms with Crippen LogP contribution in [0.25, 0.3) is 0 Å². The van der Waals surface area contributed by atoms with Crippen LogP contribution in [-0.4, -0.2) is 40.6 Å². The first-order chi connectivity index (χ1) is 20.9. The van der Waals surface area contributed by atoms with Gasteiger partial charge < -0.3 is 15.5 Å². The lowest BCUT2D eigenvalue weighted by Crippen LogP contribution is -2.70. The highest BCUT2D eigenvalue weighted by Gasteiger charge is 2.52. The van der Waals surface area contributed by atoms with Gasteiger partial charge in [0.2, 0.25) is 0 Å². The van der Waals surface area contributed by atoms with Crippen molar-refractivity contribution in [2.24, 2.45) is 0 Å². The Balaban J connectivity index is 0.00000248. The minimum absolute atomic E-state index is 0.0626. The number of allylic oxidation sites excluding steroid dienone is 6. The average Bonchev–Trinajstić information content (AvgIpc) is 3.02. The van der Waals surface area contributed by atoms with Crippen LogP contribution >= 0.6 is 23.4 Å². The fourth-order valence-corrected chi connectivity index (χ4v) is 6.89. The zero-order chi connectivity index (χ0) is 31.2. The maximum atomic E-state index is 14.5. The molecule has 0 bridgehead atoms. The van der Waals surface area contributed by atoms with Crippen molar-refractivity contribution in [3.8, 4) is 0 Å². The number of rotatable bonds is 9. The van der Waals surface area contributed by atoms with E-state index < -0.39 is 5.54 Å². The van der Waals surface area contributed by atoms with E-state index in [1.807, 2.05) is 44.2 Å². The van der Waals surface area contributed by atoms with Crippen molar-refractivity contribution in [2.75, 3.05) is 12.3 Å². The average molecular weight is 622 g/mol. The summed E-state index contributed by atoms with van der Waals surface area (Å²) in [4.78, 5) is 31.9. The fraction of sp³-hybridized carbons (Fsp3) is 0.444. The number of carbonyl (C=O) groups excluding carboxylic acids is 2. The van der Waals surface area contributed by atoms with Gasteiger partial charge in [-0.1, -0.05) is 126 Å². The Bertz CT molecular complexity index is 1270. The molecule has 1 aliphatic carbocycles. The molecule has 2 heterocycles. The molecule has 1 unspecified atom stereocenters. The molecule has 0 radical (unpaired) electrons. The molecule has 1 saturated carbocycles. The van der Waals surface area contributed by atoms with Gasteiger partial charge in [-0.25, -0.2) is 0 Å². The Morgan fingerprint density at radius 3 is 2.44 bits per heavy atom. The minimum Gasteiger partial charge on any atom is -0.377 e. The molecule has 2 N–H and O–H groups in total. The summed E-state index contributed by atoms with van der Waals surface area (Å²) in [5.74, 6) is 0.340. The van der Waals surface area contributed by atoms with E-state index in [4.69, 9.17) is 11.6 Å². The van der Waals surface area contributed by atoms with Crippen LogP contribution in [0.4, 0.5) is 0 Å².